The molecular formula is C9H16N2. The molecule has 4 aliphatic rings. The molecule has 2 atom stereocenters. The second-order valence-corrected chi connectivity index (χ2v) is 4.50. The minimum Gasteiger partial charge on any atom is -0.330 e. The van der Waals surface area contributed by atoms with E-state index in [0.29, 0.717) is 0 Å². The van der Waals surface area contributed by atoms with Crippen LogP contribution in [0, 0.1) is 17.8 Å². The number of hydrogen-bond donors (Lipinski definition) is 1. The average Bonchev–Trinajstić information content (AvgIpc) is 2.43. The smallest absolute Gasteiger partial charge is 0.0102 e. The minimum atomic E-state index is 0.880. The third-order valence-corrected chi connectivity index (χ3v) is 4.09. The van der Waals surface area contributed by atoms with Crippen molar-refractivity contribution in [2.24, 2.45) is 23.5 Å². The largest absolute Gasteiger partial charge is 0.330 e. The zero-order valence-corrected chi connectivity index (χ0v) is 6.87. The van der Waals surface area contributed by atoms with Gasteiger partial charge in [-0.15, -0.1) is 0 Å². The molecule has 4 fully saturated rings. The van der Waals surface area contributed by atoms with Gasteiger partial charge in [-0.3, -0.25) is 4.90 Å². The van der Waals surface area contributed by atoms with Crippen molar-refractivity contribution in [2.75, 3.05) is 19.6 Å². The number of nitrogens with two attached hydrogens (primary N) is 1. The van der Waals surface area contributed by atoms with Crippen LogP contribution >= 0.6 is 0 Å². The van der Waals surface area contributed by atoms with E-state index in [1.165, 1.54) is 25.9 Å². The van der Waals surface area contributed by atoms with E-state index in [4.69, 9.17) is 5.73 Å². The molecule has 4 bridgehead atoms. The highest BCUT2D eigenvalue weighted by atomic mass is 15.2. The van der Waals surface area contributed by atoms with E-state index in [2.05, 4.69) is 4.90 Å². The van der Waals surface area contributed by atoms with Crippen LogP contribution in [0.1, 0.15) is 12.8 Å². The van der Waals surface area contributed by atoms with Crippen LogP contribution in [-0.4, -0.2) is 30.6 Å². The van der Waals surface area contributed by atoms with Gasteiger partial charge in [0.05, 0.1) is 0 Å². The van der Waals surface area contributed by atoms with E-state index in [1.54, 1.807) is 0 Å². The third-order valence-electron chi connectivity index (χ3n) is 4.09. The van der Waals surface area contributed by atoms with Gasteiger partial charge in [0.2, 0.25) is 0 Å². The Kier molecular flexibility index (Phi) is 1.16. The lowest BCUT2D eigenvalue weighted by molar-refractivity contribution is 0.169. The van der Waals surface area contributed by atoms with Gasteiger partial charge < -0.3 is 5.73 Å². The van der Waals surface area contributed by atoms with Crippen LogP contribution in [0.5, 0.6) is 0 Å². The van der Waals surface area contributed by atoms with Crippen molar-refractivity contribution < 1.29 is 0 Å². The standard InChI is InChI=1S/C9H16N2/c10-3-9-6-1-8-2-7(9)5-11(8)4-6/h6-9H,1-5,10H2/t6-,7-,8?,9?/m1/s1. The normalized spacial score (nSPS) is 59.2. The topological polar surface area (TPSA) is 29.3 Å². The van der Waals surface area contributed by atoms with Gasteiger partial charge in [-0.1, -0.05) is 0 Å². The molecule has 2 N–H and O–H groups in total. The molecule has 2 heteroatoms. The summed E-state index contributed by atoms with van der Waals surface area (Å²) in [6, 6.07) is 0.966. The first-order valence-corrected chi connectivity index (χ1v) is 4.82. The van der Waals surface area contributed by atoms with E-state index < -0.39 is 0 Å². The summed E-state index contributed by atoms with van der Waals surface area (Å²) in [5.41, 5.74) is 5.78. The van der Waals surface area contributed by atoms with Crippen LogP contribution < -0.4 is 5.73 Å². The van der Waals surface area contributed by atoms with Gasteiger partial charge in [-0.05, 0) is 37.1 Å². The lowest BCUT2D eigenvalue weighted by atomic mass is 9.73. The molecule has 0 spiro atoms. The molecule has 0 aromatic heterocycles. The Labute approximate surface area is 67.7 Å². The number of piperidine rings is 1. The first-order chi connectivity index (χ1) is 5.38. The van der Waals surface area contributed by atoms with Crippen LogP contribution in [0.2, 0.25) is 0 Å². The molecule has 3 saturated heterocycles. The second-order valence-electron chi connectivity index (χ2n) is 4.50. The van der Waals surface area contributed by atoms with Gasteiger partial charge in [-0.25, -0.2) is 0 Å². The zero-order valence-electron chi connectivity index (χ0n) is 6.87. The Hall–Kier alpha value is -0.0800. The molecule has 2 nitrogen and oxygen atoms in total. The second kappa shape index (κ2) is 1.99. The van der Waals surface area contributed by atoms with Gasteiger partial charge in [0, 0.05) is 19.1 Å². The lowest BCUT2D eigenvalue weighted by Crippen LogP contribution is -2.39. The molecule has 0 aromatic carbocycles. The van der Waals surface area contributed by atoms with E-state index in [9.17, 15) is 0 Å². The number of hydrogen-bond acceptors (Lipinski definition) is 2. The fourth-order valence-corrected chi connectivity index (χ4v) is 3.61. The van der Waals surface area contributed by atoms with Crippen LogP contribution in [-0.2, 0) is 0 Å². The molecule has 11 heavy (non-hydrogen) atoms. The van der Waals surface area contributed by atoms with Crippen molar-refractivity contribution in [1.82, 2.24) is 4.90 Å². The van der Waals surface area contributed by atoms with Crippen molar-refractivity contribution >= 4 is 0 Å². The monoisotopic (exact) mass is 152 g/mol. The summed E-state index contributed by atoms with van der Waals surface area (Å²) in [5.74, 6) is 2.82. The average molecular weight is 152 g/mol. The van der Waals surface area contributed by atoms with Crippen molar-refractivity contribution in [3.05, 3.63) is 0 Å². The van der Waals surface area contributed by atoms with Crippen LogP contribution in [0.25, 0.3) is 0 Å². The maximum Gasteiger partial charge on any atom is 0.0102 e. The molecule has 1 saturated carbocycles. The van der Waals surface area contributed by atoms with Crippen LogP contribution in [0.15, 0.2) is 0 Å². The van der Waals surface area contributed by atoms with Crippen LogP contribution in [0.3, 0.4) is 0 Å². The maximum atomic E-state index is 5.78. The molecular weight excluding hydrogens is 136 g/mol. The highest BCUT2D eigenvalue weighted by molar-refractivity contribution is 5.04. The van der Waals surface area contributed by atoms with Gasteiger partial charge in [0.25, 0.3) is 0 Å². The van der Waals surface area contributed by atoms with Gasteiger partial charge in [0.1, 0.15) is 0 Å². The fraction of sp³-hybridized carbons (Fsp3) is 1.00. The van der Waals surface area contributed by atoms with Gasteiger partial charge >= 0.3 is 0 Å². The summed E-state index contributed by atoms with van der Waals surface area (Å²) in [5, 5.41) is 0. The van der Waals surface area contributed by atoms with Crippen molar-refractivity contribution in [1.29, 1.82) is 0 Å². The van der Waals surface area contributed by atoms with Crippen LogP contribution in [0.4, 0.5) is 0 Å². The lowest BCUT2D eigenvalue weighted by Gasteiger charge is -2.34. The van der Waals surface area contributed by atoms with Crippen molar-refractivity contribution in [2.45, 2.75) is 18.9 Å². The molecule has 3 heterocycles. The summed E-state index contributed by atoms with van der Waals surface area (Å²) in [6.07, 6.45) is 2.91. The summed E-state index contributed by atoms with van der Waals surface area (Å²) in [7, 11) is 0. The molecule has 0 amide bonds. The minimum absolute atomic E-state index is 0.880. The molecule has 3 aliphatic heterocycles. The van der Waals surface area contributed by atoms with E-state index >= 15 is 0 Å². The predicted molar refractivity (Wildman–Crippen MR) is 44.1 cm³/mol. The molecule has 0 aromatic rings. The maximum absolute atomic E-state index is 5.78. The number of rotatable bonds is 1. The molecule has 0 radical (unpaired) electrons. The molecule has 62 valence electrons. The summed E-state index contributed by atoms with van der Waals surface area (Å²) in [6.45, 7) is 3.67. The summed E-state index contributed by atoms with van der Waals surface area (Å²) >= 11 is 0. The van der Waals surface area contributed by atoms with Gasteiger partial charge in [0.15, 0.2) is 0 Å². The third kappa shape index (κ3) is 0.695. The SMILES string of the molecule is NCC1[C@@H]2CC3C[C@@H]1CN3C2. The zero-order chi connectivity index (χ0) is 7.42. The highest BCUT2D eigenvalue weighted by Gasteiger charge is 2.51. The predicted octanol–water partition coefficient (Wildman–Crippen LogP) is 0.285. The van der Waals surface area contributed by atoms with Crippen molar-refractivity contribution in [3.8, 4) is 0 Å². The van der Waals surface area contributed by atoms with E-state index in [1.807, 2.05) is 0 Å². The first kappa shape index (κ1) is 6.44. The fourth-order valence-electron chi connectivity index (χ4n) is 3.61. The Bertz CT molecular complexity index is 150. The molecule has 1 aliphatic carbocycles. The summed E-state index contributed by atoms with van der Waals surface area (Å²) < 4.78 is 0. The first-order valence-electron chi connectivity index (χ1n) is 4.82. The highest BCUT2D eigenvalue weighted by Crippen LogP contribution is 2.48. The molecule has 0 unspecified atom stereocenters. The van der Waals surface area contributed by atoms with Gasteiger partial charge in [-0.2, -0.15) is 0 Å². The molecule has 4 rings (SSSR count). The quantitative estimate of drug-likeness (QED) is 0.585. The Balaban J connectivity index is 1.90. The van der Waals surface area contributed by atoms with E-state index in [-0.39, 0.29) is 0 Å². The Morgan fingerprint density at radius 3 is 2.27 bits per heavy atom. The van der Waals surface area contributed by atoms with Crippen molar-refractivity contribution in [3.63, 3.8) is 0 Å². The Morgan fingerprint density at radius 2 is 1.82 bits per heavy atom. The van der Waals surface area contributed by atoms with E-state index in [0.717, 1.165) is 30.3 Å². The number of nitrogens with zero attached hydrogens (tertiary/aromatic N) is 1. The Morgan fingerprint density at radius 1 is 1.18 bits per heavy atom. The summed E-state index contributed by atoms with van der Waals surface area (Å²) in [4.78, 5) is 2.68.